The van der Waals surface area contributed by atoms with Crippen molar-refractivity contribution in [1.29, 1.82) is 0 Å². The number of carboxylic acids is 1. The van der Waals surface area contributed by atoms with Crippen LogP contribution in [0.2, 0.25) is 0 Å². The van der Waals surface area contributed by atoms with Crippen LogP contribution in [0.25, 0.3) is 0 Å². The van der Waals surface area contributed by atoms with E-state index in [-0.39, 0.29) is 5.56 Å². The molecule has 0 fully saturated rings. The molecule has 0 saturated carbocycles. The van der Waals surface area contributed by atoms with E-state index in [2.05, 4.69) is 6.72 Å². The van der Waals surface area contributed by atoms with Crippen molar-refractivity contribution in [3.05, 3.63) is 35.0 Å². The van der Waals surface area contributed by atoms with Gasteiger partial charge in [0.2, 0.25) is 5.69 Å². The first kappa shape index (κ1) is 8.26. The second kappa shape index (κ2) is 3.04. The zero-order valence-electron chi connectivity index (χ0n) is 6.23. The number of hydrogen-bond acceptors (Lipinski definition) is 2. The predicted octanol–water partition coefficient (Wildman–Crippen LogP) is 1.23. The van der Waals surface area contributed by atoms with Gasteiger partial charge >= 0.3 is 5.97 Å². The number of hydrogen-bond donors (Lipinski definition) is 1. The van der Waals surface area contributed by atoms with Crippen LogP contribution < -0.4 is 0 Å². The fraction of sp³-hybridized carbons (Fsp3) is 0. The highest BCUT2D eigenvalue weighted by atomic mass is 16.5. The molecule has 0 atom stereocenters. The second-order valence-electron chi connectivity index (χ2n) is 2.23. The maximum Gasteiger partial charge on any atom is 0.335 e. The summed E-state index contributed by atoms with van der Waals surface area (Å²) in [7, 11) is 0. The zero-order valence-corrected chi connectivity index (χ0v) is 6.23. The van der Waals surface area contributed by atoms with E-state index in [1.165, 1.54) is 24.3 Å². The van der Waals surface area contributed by atoms with Gasteiger partial charge in [0.25, 0.3) is 0 Å². The normalized spacial score (nSPS) is 9.33. The molecule has 1 rings (SSSR count). The Balaban J connectivity index is 3.01. The summed E-state index contributed by atoms with van der Waals surface area (Å²) >= 11 is 0. The first-order chi connectivity index (χ1) is 5.61. The van der Waals surface area contributed by atoms with Gasteiger partial charge in [-0.1, -0.05) is 0 Å². The molecular weight excluding hydrogens is 158 g/mol. The molecule has 0 unspecified atom stereocenters. The van der Waals surface area contributed by atoms with Crippen molar-refractivity contribution in [2.24, 2.45) is 0 Å². The highest BCUT2D eigenvalue weighted by Crippen LogP contribution is 2.10. The van der Waals surface area contributed by atoms with Crippen molar-refractivity contribution in [2.75, 3.05) is 0 Å². The lowest BCUT2D eigenvalue weighted by atomic mass is 10.2. The van der Waals surface area contributed by atoms with Crippen LogP contribution in [0.15, 0.2) is 24.3 Å². The third-order valence-corrected chi connectivity index (χ3v) is 1.40. The summed E-state index contributed by atoms with van der Waals surface area (Å²) < 4.78 is 0.422. The lowest BCUT2D eigenvalue weighted by molar-refractivity contribution is -0.349. The maximum atomic E-state index is 10.6. The van der Waals surface area contributed by atoms with E-state index in [4.69, 9.17) is 5.11 Å². The van der Waals surface area contributed by atoms with Gasteiger partial charge < -0.3 is 10.3 Å². The molecule has 0 aliphatic carbocycles. The molecule has 1 N–H and O–H groups in total. The van der Waals surface area contributed by atoms with Crippen LogP contribution in [-0.2, 0) is 0 Å². The number of nitrogens with zero attached hydrogens (tertiary/aromatic N) is 1. The third kappa shape index (κ3) is 1.60. The van der Waals surface area contributed by atoms with Gasteiger partial charge in [0.05, 0.1) is 5.56 Å². The lowest BCUT2D eigenvalue weighted by Gasteiger charge is -1.99. The van der Waals surface area contributed by atoms with Crippen LogP contribution in [-0.4, -0.2) is 22.5 Å². The Morgan fingerprint density at radius 1 is 1.42 bits per heavy atom. The molecule has 4 heteroatoms. The van der Waals surface area contributed by atoms with Crippen molar-refractivity contribution in [3.8, 4) is 0 Å². The van der Waals surface area contributed by atoms with Gasteiger partial charge in [-0.25, -0.2) is 4.79 Å². The Morgan fingerprint density at radius 3 is 2.25 bits per heavy atom. The van der Waals surface area contributed by atoms with Crippen molar-refractivity contribution in [3.63, 3.8) is 0 Å². The predicted molar refractivity (Wildman–Crippen MR) is 43.8 cm³/mol. The van der Waals surface area contributed by atoms with Crippen molar-refractivity contribution >= 4 is 18.4 Å². The fourth-order valence-corrected chi connectivity index (χ4v) is 0.770. The lowest BCUT2D eigenvalue weighted by Crippen LogP contribution is -1.96. The van der Waals surface area contributed by atoms with Gasteiger partial charge in [0, 0.05) is 12.1 Å². The fourth-order valence-electron chi connectivity index (χ4n) is 0.770. The first-order valence-corrected chi connectivity index (χ1v) is 3.22. The summed E-state index contributed by atoms with van der Waals surface area (Å²) in [6.45, 7) is 3.11. The Kier molecular flexibility index (Phi) is 2.09. The molecular formula is C8H7NO3. The number of carbonyl (C=O) groups is 1. The van der Waals surface area contributed by atoms with E-state index in [0.717, 1.165) is 0 Å². The molecule has 0 amide bonds. The van der Waals surface area contributed by atoms with E-state index in [1.807, 2.05) is 0 Å². The summed E-state index contributed by atoms with van der Waals surface area (Å²) in [6.07, 6.45) is 0. The van der Waals surface area contributed by atoms with E-state index < -0.39 is 5.97 Å². The summed E-state index contributed by atoms with van der Waals surface area (Å²) in [4.78, 5) is 10.4. The molecule has 1 aromatic carbocycles. The molecule has 12 heavy (non-hydrogen) atoms. The minimum absolute atomic E-state index is 0.153. The average molecular weight is 165 g/mol. The highest BCUT2D eigenvalue weighted by Gasteiger charge is 2.03. The Morgan fingerprint density at radius 2 is 1.92 bits per heavy atom. The Hall–Kier alpha value is -1.84. The van der Waals surface area contributed by atoms with Crippen molar-refractivity contribution < 1.29 is 14.6 Å². The summed E-state index contributed by atoms with van der Waals surface area (Å²) in [5, 5.41) is 19.1. The van der Waals surface area contributed by atoms with Crippen LogP contribution in [0.5, 0.6) is 0 Å². The second-order valence-corrected chi connectivity index (χ2v) is 2.23. The van der Waals surface area contributed by atoms with Gasteiger partial charge in [-0.3, -0.25) is 0 Å². The topological polar surface area (TPSA) is 63.4 Å². The minimum atomic E-state index is -1.01. The third-order valence-electron chi connectivity index (χ3n) is 1.40. The maximum absolute atomic E-state index is 10.6. The monoisotopic (exact) mass is 165 g/mol. The quantitative estimate of drug-likeness (QED) is 0.310. The van der Waals surface area contributed by atoms with Gasteiger partial charge in [-0.15, -0.1) is 0 Å². The number of aromatic carboxylic acids is 1. The van der Waals surface area contributed by atoms with E-state index in [0.29, 0.717) is 10.4 Å². The molecule has 0 spiro atoms. The number of carboxylic acid groups (broad SMARTS) is 1. The molecule has 0 aliphatic rings. The molecule has 4 nitrogen and oxygen atoms in total. The standard InChI is InChI=1S/C8H7NO3/c1-9(12)7-4-2-6(3-5-7)8(10)11/h2-5H,1H2,(H,10,11). The highest BCUT2D eigenvalue weighted by molar-refractivity contribution is 5.87. The number of benzene rings is 1. The Bertz CT molecular complexity index is 283. The van der Waals surface area contributed by atoms with Crippen molar-refractivity contribution in [2.45, 2.75) is 0 Å². The summed E-state index contributed by atoms with van der Waals surface area (Å²) in [5.74, 6) is -1.01. The van der Waals surface area contributed by atoms with Crippen LogP contribution in [0.1, 0.15) is 10.4 Å². The number of rotatable bonds is 2. The molecule has 0 aromatic heterocycles. The molecule has 0 aliphatic heterocycles. The van der Waals surface area contributed by atoms with Gasteiger partial charge in [-0.2, -0.15) is 4.74 Å². The SMILES string of the molecule is C=[N+]([O-])c1ccc(C(=O)O)cc1. The smallest absolute Gasteiger partial charge is 0.335 e. The largest absolute Gasteiger partial charge is 0.619 e. The first-order valence-electron chi connectivity index (χ1n) is 3.22. The molecule has 1 aromatic rings. The summed E-state index contributed by atoms with van der Waals surface area (Å²) in [6, 6.07) is 5.52. The Labute approximate surface area is 69.0 Å². The average Bonchev–Trinajstić information content (AvgIpc) is 2.04. The molecule has 0 saturated heterocycles. The molecule has 0 heterocycles. The summed E-state index contributed by atoms with van der Waals surface area (Å²) in [5.41, 5.74) is 0.487. The van der Waals surface area contributed by atoms with Crippen LogP contribution in [0, 0.1) is 5.21 Å². The van der Waals surface area contributed by atoms with Crippen LogP contribution in [0.3, 0.4) is 0 Å². The van der Waals surface area contributed by atoms with Crippen LogP contribution in [0.4, 0.5) is 5.69 Å². The molecule has 62 valence electrons. The molecule has 0 radical (unpaired) electrons. The minimum Gasteiger partial charge on any atom is -0.619 e. The van der Waals surface area contributed by atoms with Gasteiger partial charge in [-0.05, 0) is 12.1 Å². The van der Waals surface area contributed by atoms with Crippen LogP contribution >= 0.6 is 0 Å². The van der Waals surface area contributed by atoms with Crippen molar-refractivity contribution in [1.82, 2.24) is 0 Å². The van der Waals surface area contributed by atoms with E-state index >= 15 is 0 Å². The van der Waals surface area contributed by atoms with E-state index in [9.17, 15) is 10.0 Å². The van der Waals surface area contributed by atoms with Gasteiger partial charge in [0.15, 0.2) is 0 Å². The van der Waals surface area contributed by atoms with Gasteiger partial charge in [0.1, 0.15) is 6.72 Å². The zero-order chi connectivity index (χ0) is 9.14. The molecule has 0 bridgehead atoms. The van der Waals surface area contributed by atoms with E-state index in [1.54, 1.807) is 0 Å².